The van der Waals surface area contributed by atoms with Crippen molar-refractivity contribution in [3.63, 3.8) is 0 Å². The molecule has 1 aromatic carbocycles. The SMILES string of the molecule is Cc1c(C(=O)O)nnn1Cc1c(F)ccc(Br)c1F. The van der Waals surface area contributed by atoms with E-state index in [0.29, 0.717) is 0 Å². The van der Waals surface area contributed by atoms with E-state index in [2.05, 4.69) is 26.2 Å². The van der Waals surface area contributed by atoms with Crippen LogP contribution in [0.2, 0.25) is 0 Å². The zero-order valence-corrected chi connectivity index (χ0v) is 11.3. The van der Waals surface area contributed by atoms with Crippen molar-refractivity contribution >= 4 is 21.9 Å². The molecule has 8 heteroatoms. The fourth-order valence-electron chi connectivity index (χ4n) is 1.57. The Morgan fingerprint density at radius 2 is 2.16 bits per heavy atom. The van der Waals surface area contributed by atoms with Crippen LogP contribution in [0.5, 0.6) is 0 Å². The first-order valence-electron chi connectivity index (χ1n) is 5.17. The number of aromatic nitrogens is 3. The third-order valence-corrected chi connectivity index (χ3v) is 3.24. The van der Waals surface area contributed by atoms with Crippen LogP contribution >= 0.6 is 15.9 Å². The molecule has 0 unspecified atom stereocenters. The summed E-state index contributed by atoms with van der Waals surface area (Å²) in [6.07, 6.45) is 0. The van der Waals surface area contributed by atoms with Crippen LogP contribution in [0.1, 0.15) is 21.7 Å². The maximum absolute atomic E-state index is 13.8. The van der Waals surface area contributed by atoms with Crippen LogP contribution in [-0.4, -0.2) is 26.1 Å². The van der Waals surface area contributed by atoms with Crippen LogP contribution in [0.4, 0.5) is 8.78 Å². The van der Waals surface area contributed by atoms with Gasteiger partial charge in [0.15, 0.2) is 5.69 Å². The lowest BCUT2D eigenvalue weighted by atomic mass is 10.2. The number of halogens is 3. The summed E-state index contributed by atoms with van der Waals surface area (Å²) in [5.74, 6) is -2.71. The molecular weight excluding hydrogens is 324 g/mol. The van der Waals surface area contributed by atoms with Crippen molar-refractivity contribution in [2.75, 3.05) is 0 Å². The van der Waals surface area contributed by atoms with Gasteiger partial charge in [0.2, 0.25) is 0 Å². The number of carboxylic acid groups (broad SMARTS) is 1. The maximum atomic E-state index is 13.8. The maximum Gasteiger partial charge on any atom is 0.358 e. The molecule has 2 aromatic rings. The van der Waals surface area contributed by atoms with Gasteiger partial charge in [-0.2, -0.15) is 0 Å². The van der Waals surface area contributed by atoms with Crippen molar-refractivity contribution < 1.29 is 18.7 Å². The first kappa shape index (κ1) is 13.6. The predicted octanol–water partition coefficient (Wildman–Crippen LogP) is 2.37. The fourth-order valence-corrected chi connectivity index (χ4v) is 1.94. The Morgan fingerprint density at radius 3 is 2.74 bits per heavy atom. The summed E-state index contributed by atoms with van der Waals surface area (Å²) in [6, 6.07) is 2.37. The van der Waals surface area contributed by atoms with Crippen molar-refractivity contribution in [1.29, 1.82) is 0 Å². The lowest BCUT2D eigenvalue weighted by Gasteiger charge is -2.07. The molecule has 0 fully saturated rings. The molecule has 0 spiro atoms. The molecule has 5 nitrogen and oxygen atoms in total. The Hall–Kier alpha value is -1.83. The Morgan fingerprint density at radius 1 is 1.47 bits per heavy atom. The number of carbonyl (C=O) groups is 1. The first-order valence-corrected chi connectivity index (χ1v) is 5.97. The van der Waals surface area contributed by atoms with E-state index in [-0.39, 0.29) is 28.0 Å². The zero-order valence-electron chi connectivity index (χ0n) is 9.69. The molecule has 0 aliphatic rings. The molecule has 1 aromatic heterocycles. The van der Waals surface area contributed by atoms with Crippen LogP contribution in [-0.2, 0) is 6.54 Å². The lowest BCUT2D eigenvalue weighted by molar-refractivity contribution is 0.0689. The number of aromatic carboxylic acids is 1. The van der Waals surface area contributed by atoms with E-state index < -0.39 is 17.6 Å². The number of hydrogen-bond donors (Lipinski definition) is 1. The van der Waals surface area contributed by atoms with Gasteiger partial charge in [-0.25, -0.2) is 18.3 Å². The summed E-state index contributed by atoms with van der Waals surface area (Å²) in [5, 5.41) is 15.9. The third kappa shape index (κ3) is 2.48. The van der Waals surface area contributed by atoms with Crippen molar-refractivity contribution in [2.24, 2.45) is 0 Å². The average molecular weight is 332 g/mol. The average Bonchev–Trinajstić information content (AvgIpc) is 2.71. The molecule has 0 amide bonds. The van der Waals surface area contributed by atoms with Gasteiger partial charge in [0, 0.05) is 5.56 Å². The summed E-state index contributed by atoms with van der Waals surface area (Å²) in [4.78, 5) is 10.8. The number of nitrogens with zero attached hydrogens (tertiary/aromatic N) is 3. The molecule has 0 aliphatic heterocycles. The molecule has 0 saturated heterocycles. The molecule has 1 heterocycles. The van der Waals surface area contributed by atoms with Gasteiger partial charge < -0.3 is 5.11 Å². The largest absolute Gasteiger partial charge is 0.476 e. The molecule has 0 aliphatic carbocycles. The highest BCUT2D eigenvalue weighted by atomic mass is 79.9. The molecular formula is C11H8BrF2N3O2. The monoisotopic (exact) mass is 331 g/mol. The van der Waals surface area contributed by atoms with Crippen molar-refractivity contribution in [3.05, 3.63) is 45.2 Å². The van der Waals surface area contributed by atoms with Gasteiger partial charge in [-0.15, -0.1) is 5.10 Å². The second kappa shape index (κ2) is 5.04. The van der Waals surface area contributed by atoms with Crippen LogP contribution in [0.3, 0.4) is 0 Å². The van der Waals surface area contributed by atoms with Crippen LogP contribution in [0.15, 0.2) is 16.6 Å². The zero-order chi connectivity index (χ0) is 14.2. The highest BCUT2D eigenvalue weighted by Gasteiger charge is 2.18. The lowest BCUT2D eigenvalue weighted by Crippen LogP contribution is -2.09. The van der Waals surface area contributed by atoms with E-state index in [0.717, 1.165) is 10.7 Å². The summed E-state index contributed by atoms with van der Waals surface area (Å²) >= 11 is 2.96. The van der Waals surface area contributed by atoms with E-state index in [1.807, 2.05) is 0 Å². The third-order valence-electron chi connectivity index (χ3n) is 2.63. The summed E-state index contributed by atoms with van der Waals surface area (Å²) in [5.41, 5.74) is -0.221. The summed E-state index contributed by atoms with van der Waals surface area (Å²) in [7, 11) is 0. The Balaban J connectivity index is 2.42. The topological polar surface area (TPSA) is 68.0 Å². The van der Waals surface area contributed by atoms with Gasteiger partial charge in [-0.1, -0.05) is 5.21 Å². The van der Waals surface area contributed by atoms with Gasteiger partial charge in [0.1, 0.15) is 11.6 Å². The number of carboxylic acids is 1. The van der Waals surface area contributed by atoms with Gasteiger partial charge >= 0.3 is 5.97 Å². The van der Waals surface area contributed by atoms with Crippen LogP contribution in [0, 0.1) is 18.6 Å². The minimum atomic E-state index is -1.24. The quantitative estimate of drug-likeness (QED) is 0.877. The molecule has 100 valence electrons. The molecule has 0 bridgehead atoms. The highest BCUT2D eigenvalue weighted by molar-refractivity contribution is 9.10. The van der Waals surface area contributed by atoms with Crippen molar-refractivity contribution in [1.82, 2.24) is 15.0 Å². The van der Waals surface area contributed by atoms with E-state index in [1.165, 1.54) is 13.0 Å². The molecule has 0 atom stereocenters. The Kier molecular flexibility index (Phi) is 3.61. The number of benzene rings is 1. The minimum absolute atomic E-state index is 0.125. The second-order valence-corrected chi connectivity index (χ2v) is 4.66. The van der Waals surface area contributed by atoms with Crippen molar-refractivity contribution in [3.8, 4) is 0 Å². The van der Waals surface area contributed by atoms with Gasteiger partial charge in [0.05, 0.1) is 16.7 Å². The summed E-state index contributed by atoms with van der Waals surface area (Å²) in [6.45, 7) is 1.24. The standard InChI is InChI=1S/C11H8BrF2N3O2/c1-5-10(11(18)19)15-16-17(5)4-6-8(13)3-2-7(12)9(6)14/h2-3H,4H2,1H3,(H,18,19). The first-order chi connectivity index (χ1) is 8.91. The molecule has 2 rings (SSSR count). The predicted molar refractivity (Wildman–Crippen MR) is 64.9 cm³/mol. The molecule has 19 heavy (non-hydrogen) atoms. The molecule has 0 saturated carbocycles. The van der Waals surface area contributed by atoms with E-state index in [1.54, 1.807) is 0 Å². The van der Waals surface area contributed by atoms with Gasteiger partial charge in [-0.05, 0) is 35.0 Å². The Labute approximate surface area is 115 Å². The van der Waals surface area contributed by atoms with Crippen LogP contribution in [0.25, 0.3) is 0 Å². The van der Waals surface area contributed by atoms with Crippen molar-refractivity contribution in [2.45, 2.75) is 13.5 Å². The molecule has 1 N–H and O–H groups in total. The van der Waals surface area contributed by atoms with E-state index >= 15 is 0 Å². The second-order valence-electron chi connectivity index (χ2n) is 3.81. The molecule has 0 radical (unpaired) electrons. The number of hydrogen-bond acceptors (Lipinski definition) is 3. The normalized spacial score (nSPS) is 10.7. The van der Waals surface area contributed by atoms with E-state index in [4.69, 9.17) is 5.11 Å². The fraction of sp³-hybridized carbons (Fsp3) is 0.182. The van der Waals surface area contributed by atoms with Gasteiger partial charge in [0.25, 0.3) is 0 Å². The van der Waals surface area contributed by atoms with Crippen LogP contribution < -0.4 is 0 Å². The Bertz CT molecular complexity index is 658. The van der Waals surface area contributed by atoms with Gasteiger partial charge in [-0.3, -0.25) is 0 Å². The highest BCUT2D eigenvalue weighted by Crippen LogP contribution is 2.22. The number of rotatable bonds is 3. The summed E-state index contributed by atoms with van der Waals surface area (Å²) < 4.78 is 28.6. The smallest absolute Gasteiger partial charge is 0.358 e. The van der Waals surface area contributed by atoms with E-state index in [9.17, 15) is 13.6 Å². The minimum Gasteiger partial charge on any atom is -0.476 e.